The van der Waals surface area contributed by atoms with E-state index in [9.17, 15) is 8.42 Å². The molecule has 0 aliphatic carbocycles. The maximum atomic E-state index is 12.3. The number of sulfonamides is 1. The molecular weight excluding hydrogens is 344 g/mol. The molecule has 0 fully saturated rings. The van der Waals surface area contributed by atoms with Crippen LogP contribution in [0.4, 0.5) is 0 Å². The Morgan fingerprint density at radius 1 is 1.04 bits per heavy atom. The predicted molar refractivity (Wildman–Crippen MR) is 96.7 cm³/mol. The van der Waals surface area contributed by atoms with Crippen molar-refractivity contribution in [3.63, 3.8) is 0 Å². The van der Waals surface area contributed by atoms with Gasteiger partial charge in [0.1, 0.15) is 4.90 Å². The molecule has 0 atom stereocenters. The first-order valence-corrected chi connectivity index (χ1v) is 9.96. The van der Waals surface area contributed by atoms with Crippen molar-refractivity contribution >= 4 is 21.6 Å². The van der Waals surface area contributed by atoms with Crippen molar-refractivity contribution in [1.82, 2.24) is 9.62 Å². The highest BCUT2D eigenvalue weighted by Crippen LogP contribution is 2.20. The summed E-state index contributed by atoms with van der Waals surface area (Å²) in [5, 5.41) is 0.248. The number of hydrogen-bond donors (Lipinski definition) is 1. The zero-order valence-corrected chi connectivity index (χ0v) is 15.0. The summed E-state index contributed by atoms with van der Waals surface area (Å²) in [6.07, 6.45) is 1.83. The molecular formula is C18H21ClN2O2S. The van der Waals surface area contributed by atoms with Gasteiger partial charge in [-0.3, -0.25) is 4.90 Å². The van der Waals surface area contributed by atoms with E-state index in [-0.39, 0.29) is 9.92 Å². The molecule has 128 valence electrons. The fraction of sp³-hybridized carbons (Fsp3) is 0.333. The minimum absolute atomic E-state index is 0.138. The van der Waals surface area contributed by atoms with E-state index in [2.05, 4.69) is 33.9 Å². The molecule has 1 aliphatic heterocycles. The lowest BCUT2D eigenvalue weighted by atomic mass is 10.00. The molecule has 1 aliphatic rings. The van der Waals surface area contributed by atoms with Gasteiger partial charge in [0.15, 0.2) is 0 Å². The van der Waals surface area contributed by atoms with Crippen molar-refractivity contribution in [3.8, 4) is 0 Å². The Morgan fingerprint density at radius 3 is 2.54 bits per heavy atom. The van der Waals surface area contributed by atoms with Crippen LogP contribution in [0.5, 0.6) is 0 Å². The molecule has 0 radical (unpaired) electrons. The van der Waals surface area contributed by atoms with Crippen LogP contribution in [-0.2, 0) is 23.0 Å². The van der Waals surface area contributed by atoms with Crippen LogP contribution in [0.15, 0.2) is 53.4 Å². The third-order valence-electron chi connectivity index (χ3n) is 4.28. The van der Waals surface area contributed by atoms with Gasteiger partial charge in [-0.25, -0.2) is 13.1 Å². The minimum Gasteiger partial charge on any atom is -0.299 e. The maximum Gasteiger partial charge on any atom is 0.242 e. The van der Waals surface area contributed by atoms with Crippen molar-refractivity contribution in [3.05, 3.63) is 64.7 Å². The molecule has 1 heterocycles. The lowest BCUT2D eigenvalue weighted by Crippen LogP contribution is -2.33. The first-order chi connectivity index (χ1) is 11.6. The van der Waals surface area contributed by atoms with Crippen molar-refractivity contribution in [2.24, 2.45) is 0 Å². The van der Waals surface area contributed by atoms with E-state index in [4.69, 9.17) is 11.6 Å². The number of halogens is 1. The second kappa shape index (κ2) is 7.66. The summed E-state index contributed by atoms with van der Waals surface area (Å²) in [5.74, 6) is 0. The number of nitrogens with one attached hydrogen (secondary N) is 1. The highest BCUT2D eigenvalue weighted by molar-refractivity contribution is 7.89. The van der Waals surface area contributed by atoms with Gasteiger partial charge in [0.05, 0.1) is 5.02 Å². The van der Waals surface area contributed by atoms with Gasteiger partial charge >= 0.3 is 0 Å². The fourth-order valence-corrected chi connectivity index (χ4v) is 4.59. The Bertz CT molecular complexity index is 808. The lowest BCUT2D eigenvalue weighted by molar-refractivity contribution is 0.251. The van der Waals surface area contributed by atoms with Crippen molar-refractivity contribution < 1.29 is 8.42 Å². The summed E-state index contributed by atoms with van der Waals surface area (Å²) >= 11 is 5.96. The Kier molecular flexibility index (Phi) is 5.56. The second-order valence-electron chi connectivity index (χ2n) is 5.98. The van der Waals surface area contributed by atoms with Crippen LogP contribution >= 0.6 is 11.6 Å². The average Bonchev–Trinajstić information content (AvgIpc) is 2.59. The molecule has 2 aromatic carbocycles. The van der Waals surface area contributed by atoms with Gasteiger partial charge in [-0.05, 0) is 42.6 Å². The quantitative estimate of drug-likeness (QED) is 0.801. The van der Waals surface area contributed by atoms with Gasteiger partial charge in [0, 0.05) is 19.6 Å². The molecule has 0 aromatic heterocycles. The summed E-state index contributed by atoms with van der Waals surface area (Å²) in [5.41, 5.74) is 2.80. The molecule has 3 rings (SSSR count). The Hall–Kier alpha value is -1.40. The van der Waals surface area contributed by atoms with Gasteiger partial charge in [0.25, 0.3) is 0 Å². The molecule has 2 aromatic rings. The fourth-order valence-electron chi connectivity index (χ4n) is 2.99. The first kappa shape index (κ1) is 17.4. The summed E-state index contributed by atoms with van der Waals surface area (Å²) < 4.78 is 27.2. The SMILES string of the molecule is O=S(=O)(NCCCN1CCc2ccccc2C1)c1ccccc1Cl. The van der Waals surface area contributed by atoms with E-state index in [1.54, 1.807) is 18.2 Å². The number of nitrogens with zero attached hydrogens (tertiary/aromatic N) is 1. The van der Waals surface area contributed by atoms with Gasteiger partial charge in [-0.2, -0.15) is 0 Å². The van der Waals surface area contributed by atoms with E-state index >= 15 is 0 Å². The van der Waals surface area contributed by atoms with E-state index in [0.717, 1.165) is 32.5 Å². The van der Waals surface area contributed by atoms with Crippen LogP contribution in [-0.4, -0.2) is 33.0 Å². The Labute approximate surface area is 148 Å². The lowest BCUT2D eigenvalue weighted by Gasteiger charge is -2.28. The number of hydrogen-bond acceptors (Lipinski definition) is 3. The zero-order valence-electron chi connectivity index (χ0n) is 13.4. The molecule has 0 spiro atoms. The van der Waals surface area contributed by atoms with Crippen LogP contribution in [0.25, 0.3) is 0 Å². The summed E-state index contributed by atoms with van der Waals surface area (Å²) in [6.45, 7) is 3.24. The normalized spacial score (nSPS) is 15.2. The number of benzene rings is 2. The first-order valence-electron chi connectivity index (χ1n) is 8.09. The number of rotatable bonds is 6. The third kappa shape index (κ3) is 4.16. The highest BCUT2D eigenvalue weighted by Gasteiger charge is 2.18. The smallest absolute Gasteiger partial charge is 0.242 e. The largest absolute Gasteiger partial charge is 0.299 e. The molecule has 0 unspecified atom stereocenters. The van der Waals surface area contributed by atoms with Gasteiger partial charge in [0.2, 0.25) is 10.0 Å². The van der Waals surface area contributed by atoms with Crippen LogP contribution < -0.4 is 4.72 Å². The summed E-state index contributed by atoms with van der Waals surface area (Å²) in [7, 11) is -3.54. The number of fused-ring (bicyclic) bond motifs is 1. The van der Waals surface area contributed by atoms with Crippen molar-refractivity contribution in [2.45, 2.75) is 24.3 Å². The zero-order chi connectivity index (χ0) is 17.0. The average molecular weight is 365 g/mol. The van der Waals surface area contributed by atoms with E-state index in [0.29, 0.717) is 6.54 Å². The highest BCUT2D eigenvalue weighted by atomic mass is 35.5. The maximum absolute atomic E-state index is 12.3. The van der Waals surface area contributed by atoms with Crippen molar-refractivity contribution in [1.29, 1.82) is 0 Å². The standard InChI is InChI=1S/C18H21ClN2O2S/c19-17-8-3-4-9-18(17)24(22,23)20-11-5-12-21-13-10-15-6-1-2-7-16(15)14-21/h1-4,6-9,20H,5,10-14H2. The monoisotopic (exact) mass is 364 g/mol. The molecule has 0 amide bonds. The molecule has 4 nitrogen and oxygen atoms in total. The van der Waals surface area contributed by atoms with E-state index in [1.807, 2.05) is 0 Å². The Morgan fingerprint density at radius 2 is 1.75 bits per heavy atom. The van der Waals surface area contributed by atoms with Gasteiger partial charge in [-0.15, -0.1) is 0 Å². The van der Waals surface area contributed by atoms with E-state index in [1.165, 1.54) is 17.2 Å². The van der Waals surface area contributed by atoms with Gasteiger partial charge in [-0.1, -0.05) is 48.0 Å². The van der Waals surface area contributed by atoms with Gasteiger partial charge < -0.3 is 0 Å². The Balaban J connectivity index is 1.49. The molecule has 0 saturated heterocycles. The van der Waals surface area contributed by atoms with Crippen LogP contribution in [0.1, 0.15) is 17.5 Å². The van der Waals surface area contributed by atoms with Crippen LogP contribution in [0.2, 0.25) is 5.02 Å². The third-order valence-corrected chi connectivity index (χ3v) is 6.24. The van der Waals surface area contributed by atoms with Crippen molar-refractivity contribution in [2.75, 3.05) is 19.6 Å². The van der Waals surface area contributed by atoms with Crippen LogP contribution in [0, 0.1) is 0 Å². The van der Waals surface area contributed by atoms with E-state index < -0.39 is 10.0 Å². The molecule has 24 heavy (non-hydrogen) atoms. The molecule has 1 N–H and O–H groups in total. The topological polar surface area (TPSA) is 49.4 Å². The molecule has 0 saturated carbocycles. The molecule has 0 bridgehead atoms. The second-order valence-corrected chi connectivity index (χ2v) is 8.12. The minimum atomic E-state index is -3.54. The molecule has 6 heteroatoms. The summed E-state index contributed by atoms with van der Waals surface area (Å²) in [6, 6.07) is 15.0. The predicted octanol–water partition coefficient (Wildman–Crippen LogP) is 3.07. The van der Waals surface area contributed by atoms with Crippen LogP contribution in [0.3, 0.4) is 0 Å². The summed E-state index contributed by atoms with van der Waals surface area (Å²) in [4.78, 5) is 2.50.